The molecule has 3 nitrogen and oxygen atoms in total. The lowest BCUT2D eigenvalue weighted by molar-refractivity contribution is -0.0465. The minimum Gasteiger partial charge on any atom is -0.327 e. The Morgan fingerprint density at radius 3 is 2.37 bits per heavy atom. The van der Waals surface area contributed by atoms with E-state index in [0.717, 1.165) is 41.7 Å². The van der Waals surface area contributed by atoms with Crippen LogP contribution in [-0.4, -0.2) is 16.0 Å². The van der Waals surface area contributed by atoms with Gasteiger partial charge in [-0.2, -0.15) is 0 Å². The van der Waals surface area contributed by atoms with Crippen LogP contribution in [0.1, 0.15) is 37.8 Å². The Hall–Kier alpha value is -0.960. The number of hydrogen-bond donors (Lipinski definition) is 1. The summed E-state index contributed by atoms with van der Waals surface area (Å²) in [7, 11) is 0. The van der Waals surface area contributed by atoms with Crippen molar-refractivity contribution in [3.63, 3.8) is 0 Å². The molecule has 4 fully saturated rings. The van der Waals surface area contributed by atoms with Gasteiger partial charge in [-0.25, -0.2) is 9.97 Å². The largest absolute Gasteiger partial charge is 0.327 e. The van der Waals surface area contributed by atoms with Crippen molar-refractivity contribution in [2.75, 3.05) is 0 Å². The lowest BCUT2D eigenvalue weighted by atomic mass is 9.50. The third-order valence-electron chi connectivity index (χ3n) is 5.88. The smallest absolute Gasteiger partial charge is 0.115 e. The van der Waals surface area contributed by atoms with Gasteiger partial charge in [-0.15, -0.1) is 0 Å². The average molecular weight is 257 g/mol. The van der Waals surface area contributed by atoms with Gasteiger partial charge in [0.15, 0.2) is 0 Å². The number of aromatic nitrogens is 2. The third-order valence-corrected chi connectivity index (χ3v) is 5.88. The summed E-state index contributed by atoms with van der Waals surface area (Å²) in [5, 5.41) is 0. The zero-order chi connectivity index (χ0) is 12.8. The zero-order valence-corrected chi connectivity index (χ0v) is 11.4. The monoisotopic (exact) mass is 257 g/mol. The normalized spacial score (nSPS) is 41.4. The molecule has 4 bridgehead atoms. The van der Waals surface area contributed by atoms with Gasteiger partial charge in [-0.05, 0) is 67.8 Å². The van der Waals surface area contributed by atoms with Crippen LogP contribution >= 0.6 is 0 Å². The van der Waals surface area contributed by atoms with Gasteiger partial charge in [0.2, 0.25) is 0 Å². The maximum absolute atomic E-state index is 6.57. The fourth-order valence-electron chi connectivity index (χ4n) is 5.48. The van der Waals surface area contributed by atoms with Crippen LogP contribution in [0.4, 0.5) is 0 Å². The van der Waals surface area contributed by atoms with Crippen LogP contribution in [0.15, 0.2) is 18.6 Å². The highest BCUT2D eigenvalue weighted by molar-refractivity contribution is 5.06. The number of nitrogens with zero attached hydrogens (tertiary/aromatic N) is 2. The van der Waals surface area contributed by atoms with Gasteiger partial charge in [0, 0.05) is 24.4 Å². The van der Waals surface area contributed by atoms with Crippen molar-refractivity contribution in [3.05, 3.63) is 24.3 Å². The van der Waals surface area contributed by atoms with Gasteiger partial charge in [0.25, 0.3) is 0 Å². The molecule has 2 N–H and O–H groups in total. The highest BCUT2D eigenvalue weighted by Crippen LogP contribution is 2.57. The Kier molecular flexibility index (Phi) is 2.83. The summed E-state index contributed by atoms with van der Waals surface area (Å²) >= 11 is 0. The highest BCUT2D eigenvalue weighted by atomic mass is 14.8. The molecule has 0 aromatic carbocycles. The zero-order valence-electron chi connectivity index (χ0n) is 11.4. The van der Waals surface area contributed by atoms with Gasteiger partial charge in [0.05, 0.1) is 0 Å². The van der Waals surface area contributed by atoms with Crippen molar-refractivity contribution < 1.29 is 0 Å². The molecule has 0 spiro atoms. The molecule has 1 aromatic rings. The molecule has 1 heterocycles. The lowest BCUT2D eigenvalue weighted by Gasteiger charge is -2.56. The first-order valence-electron chi connectivity index (χ1n) is 7.80. The molecule has 0 radical (unpaired) electrons. The fraction of sp³-hybridized carbons (Fsp3) is 0.750. The molecule has 4 saturated carbocycles. The SMILES string of the molecule is NC(Cc1ccncn1)C1C2CC3CC(C2)CC1C3. The molecule has 5 rings (SSSR count). The molecule has 19 heavy (non-hydrogen) atoms. The topological polar surface area (TPSA) is 51.8 Å². The number of rotatable bonds is 3. The van der Waals surface area contributed by atoms with Crippen LogP contribution in [-0.2, 0) is 6.42 Å². The predicted octanol–water partition coefficient (Wildman–Crippen LogP) is 2.42. The summed E-state index contributed by atoms with van der Waals surface area (Å²) in [6.07, 6.45) is 11.7. The van der Waals surface area contributed by atoms with Crippen molar-refractivity contribution in [1.82, 2.24) is 9.97 Å². The number of nitrogens with two attached hydrogens (primary N) is 1. The van der Waals surface area contributed by atoms with Gasteiger partial charge < -0.3 is 5.73 Å². The summed E-state index contributed by atoms with van der Waals surface area (Å²) < 4.78 is 0. The Bertz CT molecular complexity index is 417. The van der Waals surface area contributed by atoms with Gasteiger partial charge >= 0.3 is 0 Å². The van der Waals surface area contributed by atoms with E-state index in [1.807, 2.05) is 12.3 Å². The molecule has 1 aromatic heterocycles. The van der Waals surface area contributed by atoms with E-state index in [-0.39, 0.29) is 0 Å². The number of hydrogen-bond acceptors (Lipinski definition) is 3. The van der Waals surface area contributed by atoms with E-state index in [1.54, 1.807) is 6.33 Å². The maximum Gasteiger partial charge on any atom is 0.115 e. The maximum atomic E-state index is 6.57. The Labute approximate surface area is 115 Å². The molecule has 4 aliphatic rings. The summed E-state index contributed by atoms with van der Waals surface area (Å²) in [6.45, 7) is 0. The standard InChI is InChI=1S/C16H23N3/c17-15(8-14-1-2-18-9-19-14)16-12-4-10-3-11(6-12)7-13(16)5-10/h1-2,9-13,15-16H,3-8,17H2. The highest BCUT2D eigenvalue weighted by Gasteiger charge is 2.49. The van der Waals surface area contributed by atoms with Crippen LogP contribution in [0.25, 0.3) is 0 Å². The second-order valence-electron chi connectivity index (χ2n) is 7.08. The Balaban J connectivity index is 1.50. The van der Waals surface area contributed by atoms with Gasteiger partial charge in [-0.3, -0.25) is 0 Å². The summed E-state index contributed by atoms with van der Waals surface area (Å²) in [5.74, 6) is 4.64. The third kappa shape index (κ3) is 2.08. The van der Waals surface area contributed by atoms with Crippen LogP contribution in [0.5, 0.6) is 0 Å². The minimum absolute atomic E-state index is 0.296. The molecular formula is C16H23N3. The van der Waals surface area contributed by atoms with Crippen LogP contribution in [0.3, 0.4) is 0 Å². The molecule has 0 saturated heterocycles. The molecule has 4 aliphatic carbocycles. The molecule has 1 unspecified atom stereocenters. The Morgan fingerprint density at radius 1 is 1.11 bits per heavy atom. The first-order chi connectivity index (χ1) is 9.29. The molecule has 1 atom stereocenters. The fourth-order valence-corrected chi connectivity index (χ4v) is 5.48. The van der Waals surface area contributed by atoms with E-state index in [1.165, 1.54) is 32.1 Å². The van der Waals surface area contributed by atoms with Crippen LogP contribution in [0, 0.1) is 29.6 Å². The van der Waals surface area contributed by atoms with E-state index < -0.39 is 0 Å². The van der Waals surface area contributed by atoms with E-state index in [2.05, 4.69) is 9.97 Å². The van der Waals surface area contributed by atoms with E-state index in [9.17, 15) is 0 Å². The van der Waals surface area contributed by atoms with E-state index in [4.69, 9.17) is 5.73 Å². The quantitative estimate of drug-likeness (QED) is 0.904. The molecule has 3 heteroatoms. The molecular weight excluding hydrogens is 234 g/mol. The molecule has 0 aliphatic heterocycles. The van der Waals surface area contributed by atoms with Crippen LogP contribution < -0.4 is 5.73 Å². The van der Waals surface area contributed by atoms with Gasteiger partial charge in [0.1, 0.15) is 6.33 Å². The van der Waals surface area contributed by atoms with E-state index >= 15 is 0 Å². The summed E-state index contributed by atoms with van der Waals surface area (Å²) in [6, 6.07) is 2.31. The summed E-state index contributed by atoms with van der Waals surface area (Å²) in [4.78, 5) is 8.33. The van der Waals surface area contributed by atoms with Crippen molar-refractivity contribution in [2.24, 2.45) is 35.3 Å². The first kappa shape index (κ1) is 11.8. The second kappa shape index (κ2) is 4.55. The van der Waals surface area contributed by atoms with Crippen LogP contribution in [0.2, 0.25) is 0 Å². The lowest BCUT2D eigenvalue weighted by Crippen LogP contribution is -2.52. The molecule has 102 valence electrons. The summed E-state index contributed by atoms with van der Waals surface area (Å²) in [5.41, 5.74) is 7.68. The van der Waals surface area contributed by atoms with Crippen molar-refractivity contribution >= 4 is 0 Å². The van der Waals surface area contributed by atoms with E-state index in [0.29, 0.717) is 6.04 Å². The first-order valence-corrected chi connectivity index (χ1v) is 7.80. The predicted molar refractivity (Wildman–Crippen MR) is 74.2 cm³/mol. The minimum atomic E-state index is 0.296. The van der Waals surface area contributed by atoms with Crippen molar-refractivity contribution in [2.45, 2.75) is 44.6 Å². The molecule has 0 amide bonds. The van der Waals surface area contributed by atoms with Crippen molar-refractivity contribution in [1.29, 1.82) is 0 Å². The average Bonchev–Trinajstić information content (AvgIpc) is 2.38. The van der Waals surface area contributed by atoms with Gasteiger partial charge in [-0.1, -0.05) is 0 Å². The second-order valence-corrected chi connectivity index (χ2v) is 7.08. The Morgan fingerprint density at radius 2 is 1.79 bits per heavy atom. The van der Waals surface area contributed by atoms with Crippen molar-refractivity contribution in [3.8, 4) is 0 Å².